The minimum Gasteiger partial charge on any atom is -0.465 e. The summed E-state index contributed by atoms with van der Waals surface area (Å²) >= 11 is 0. The Morgan fingerprint density at radius 1 is 1.04 bits per heavy atom. The van der Waals surface area contributed by atoms with Crippen molar-refractivity contribution in [3.8, 4) is 0 Å². The maximum atomic E-state index is 11.9. The summed E-state index contributed by atoms with van der Waals surface area (Å²) in [5.74, 6) is 0.155. The lowest BCUT2D eigenvalue weighted by atomic mass is 9.77. The van der Waals surface area contributed by atoms with Gasteiger partial charge in [-0.05, 0) is 45.0 Å². The van der Waals surface area contributed by atoms with Crippen LogP contribution in [0, 0.1) is 10.8 Å². The van der Waals surface area contributed by atoms with Crippen LogP contribution in [0.1, 0.15) is 78.5 Å². The molecule has 0 saturated heterocycles. The van der Waals surface area contributed by atoms with Crippen molar-refractivity contribution in [3.63, 3.8) is 0 Å². The van der Waals surface area contributed by atoms with Crippen LogP contribution in [0.25, 0.3) is 0 Å². The lowest BCUT2D eigenvalue weighted by molar-refractivity contribution is -0.144. The summed E-state index contributed by atoms with van der Waals surface area (Å²) in [5.41, 5.74) is 3.05. The zero-order valence-corrected chi connectivity index (χ0v) is 17.0. The van der Waals surface area contributed by atoms with Gasteiger partial charge in [-0.25, -0.2) is 0 Å². The van der Waals surface area contributed by atoms with Crippen molar-refractivity contribution < 1.29 is 9.53 Å². The van der Waals surface area contributed by atoms with Crippen molar-refractivity contribution in [1.82, 2.24) is 0 Å². The second kappa shape index (κ2) is 8.11. The van der Waals surface area contributed by atoms with Crippen molar-refractivity contribution in [2.24, 2.45) is 11.1 Å². The van der Waals surface area contributed by atoms with Gasteiger partial charge in [0.1, 0.15) is 5.69 Å². The normalized spacial score (nSPS) is 12.4. The molecule has 140 valence electrons. The van der Waals surface area contributed by atoms with Crippen molar-refractivity contribution in [1.29, 1.82) is 0 Å². The molecule has 0 unspecified atom stereocenters. The molecular formula is C21H33NO3. The van der Waals surface area contributed by atoms with E-state index in [1.807, 2.05) is 26.0 Å². The molecule has 0 fully saturated rings. The highest BCUT2D eigenvalue weighted by molar-refractivity contribution is 5.70. The van der Waals surface area contributed by atoms with E-state index >= 15 is 0 Å². The number of carbonyl (C=O) groups excluding carboxylic acids is 1. The number of ether oxygens (including phenoxy) is 1. The van der Waals surface area contributed by atoms with Gasteiger partial charge in [0.05, 0.1) is 6.61 Å². The van der Waals surface area contributed by atoms with Gasteiger partial charge in [-0.3, -0.25) is 4.79 Å². The van der Waals surface area contributed by atoms with Crippen LogP contribution in [-0.2, 0) is 26.8 Å². The third-order valence-electron chi connectivity index (χ3n) is 4.07. The summed E-state index contributed by atoms with van der Waals surface area (Å²) in [6.07, 6.45) is 0.940. The molecular weight excluding hydrogens is 314 g/mol. The van der Waals surface area contributed by atoms with Crippen LogP contribution in [0.3, 0.4) is 0 Å². The van der Waals surface area contributed by atoms with Gasteiger partial charge in [0, 0.05) is 6.42 Å². The van der Waals surface area contributed by atoms with Crippen molar-refractivity contribution in [2.45, 2.75) is 79.1 Å². The molecule has 0 bridgehead atoms. The van der Waals surface area contributed by atoms with Crippen LogP contribution in [0.4, 0.5) is 5.69 Å². The first-order chi connectivity index (χ1) is 11.4. The first-order valence-electron chi connectivity index (χ1n) is 9.03. The highest BCUT2D eigenvalue weighted by atomic mass is 16.5. The van der Waals surface area contributed by atoms with Crippen molar-refractivity contribution >= 4 is 11.7 Å². The van der Waals surface area contributed by atoms with Gasteiger partial charge in [-0.15, -0.1) is 4.91 Å². The van der Waals surface area contributed by atoms with Gasteiger partial charge < -0.3 is 4.74 Å². The van der Waals surface area contributed by atoms with Crippen LogP contribution in [-0.4, -0.2) is 12.6 Å². The first-order valence-corrected chi connectivity index (χ1v) is 9.03. The molecule has 0 aliphatic rings. The number of carbonyl (C=O) groups is 1. The van der Waals surface area contributed by atoms with Gasteiger partial charge in [0.2, 0.25) is 0 Å². The predicted octanol–water partition coefficient (Wildman–Crippen LogP) is 5.81. The summed E-state index contributed by atoms with van der Waals surface area (Å²) in [7, 11) is 0. The third kappa shape index (κ3) is 6.26. The number of rotatable bonds is 6. The number of aryl methyl sites for hydroxylation is 1. The zero-order valence-electron chi connectivity index (χ0n) is 17.0. The number of nitrogens with zero attached hydrogens (tertiary/aromatic N) is 1. The Morgan fingerprint density at radius 2 is 1.52 bits per heavy atom. The van der Waals surface area contributed by atoms with E-state index < -0.39 is 0 Å². The molecule has 0 spiro atoms. The monoisotopic (exact) mass is 347 g/mol. The highest BCUT2D eigenvalue weighted by Crippen LogP contribution is 2.40. The van der Waals surface area contributed by atoms with Crippen LogP contribution < -0.4 is 0 Å². The standard InChI is InChI=1S/C21H33NO3/c1-14(2)13-25-18(23)10-9-15-11-16(20(3,4)5)19(22-24)17(12-15)21(6,7)8/h11-12,14H,9-10,13H2,1-8H3. The fourth-order valence-corrected chi connectivity index (χ4v) is 2.66. The van der Waals surface area contributed by atoms with E-state index in [4.69, 9.17) is 4.74 Å². The molecule has 0 aromatic heterocycles. The van der Waals surface area contributed by atoms with Crippen molar-refractivity contribution in [3.05, 3.63) is 33.7 Å². The minimum atomic E-state index is -0.197. The second-order valence-electron chi connectivity index (χ2n) is 9.21. The van der Waals surface area contributed by atoms with E-state index in [0.29, 0.717) is 31.1 Å². The molecule has 25 heavy (non-hydrogen) atoms. The lowest BCUT2D eigenvalue weighted by Gasteiger charge is -2.28. The SMILES string of the molecule is CC(C)COC(=O)CCc1cc(C(C)(C)C)c(N=O)c(C(C)(C)C)c1. The Morgan fingerprint density at radius 3 is 1.88 bits per heavy atom. The lowest BCUT2D eigenvalue weighted by Crippen LogP contribution is -2.18. The number of hydrogen-bond donors (Lipinski definition) is 0. The smallest absolute Gasteiger partial charge is 0.306 e. The van der Waals surface area contributed by atoms with Crippen LogP contribution >= 0.6 is 0 Å². The van der Waals surface area contributed by atoms with Gasteiger partial charge in [-0.2, -0.15) is 0 Å². The largest absolute Gasteiger partial charge is 0.465 e. The summed E-state index contributed by atoms with van der Waals surface area (Å²) in [6, 6.07) is 4.03. The molecule has 0 radical (unpaired) electrons. The molecule has 4 heteroatoms. The molecule has 0 N–H and O–H groups in total. The molecule has 0 aliphatic heterocycles. The first kappa shape index (κ1) is 21.3. The van der Waals surface area contributed by atoms with Gasteiger partial charge in [0.25, 0.3) is 0 Å². The molecule has 1 rings (SSSR count). The second-order valence-corrected chi connectivity index (χ2v) is 9.21. The number of hydrogen-bond acceptors (Lipinski definition) is 4. The van der Waals surface area contributed by atoms with E-state index in [0.717, 1.165) is 16.7 Å². The molecule has 0 atom stereocenters. The quantitative estimate of drug-likeness (QED) is 0.482. The van der Waals surface area contributed by atoms with Crippen LogP contribution in [0.15, 0.2) is 17.3 Å². The molecule has 1 aromatic carbocycles. The fourth-order valence-electron chi connectivity index (χ4n) is 2.66. The third-order valence-corrected chi connectivity index (χ3v) is 4.07. The molecule has 0 amide bonds. The molecule has 0 heterocycles. The molecule has 4 nitrogen and oxygen atoms in total. The van der Waals surface area contributed by atoms with E-state index in [-0.39, 0.29) is 16.8 Å². The Labute approximate surface area is 152 Å². The maximum Gasteiger partial charge on any atom is 0.306 e. The topological polar surface area (TPSA) is 55.7 Å². The minimum absolute atomic E-state index is 0.180. The van der Waals surface area contributed by atoms with E-state index in [9.17, 15) is 9.70 Å². The number of benzene rings is 1. The summed E-state index contributed by atoms with van der Waals surface area (Å²) in [6.45, 7) is 16.9. The van der Waals surface area contributed by atoms with E-state index in [1.165, 1.54) is 0 Å². The summed E-state index contributed by atoms with van der Waals surface area (Å²) < 4.78 is 5.26. The maximum absolute atomic E-state index is 11.9. The van der Waals surface area contributed by atoms with Gasteiger partial charge in [-0.1, -0.05) is 67.5 Å². The number of nitroso groups, excluding NO2 is 1. The predicted molar refractivity (Wildman–Crippen MR) is 103 cm³/mol. The molecule has 1 aromatic rings. The number of esters is 1. The summed E-state index contributed by atoms with van der Waals surface area (Å²) in [4.78, 5) is 23.5. The average molecular weight is 347 g/mol. The van der Waals surface area contributed by atoms with Crippen LogP contribution in [0.2, 0.25) is 0 Å². The van der Waals surface area contributed by atoms with Crippen molar-refractivity contribution in [2.75, 3.05) is 6.61 Å². The van der Waals surface area contributed by atoms with Gasteiger partial charge in [0.15, 0.2) is 0 Å². The van der Waals surface area contributed by atoms with E-state index in [1.54, 1.807) is 0 Å². The Hall–Kier alpha value is -1.71. The Kier molecular flexibility index (Phi) is 6.92. The Balaban J connectivity index is 3.16. The average Bonchev–Trinajstić information content (AvgIpc) is 2.48. The fraction of sp³-hybridized carbons (Fsp3) is 0.667. The molecule has 0 aliphatic carbocycles. The molecule has 0 saturated carbocycles. The van der Waals surface area contributed by atoms with Crippen LogP contribution in [0.5, 0.6) is 0 Å². The zero-order chi connectivity index (χ0) is 19.4. The summed E-state index contributed by atoms with van der Waals surface area (Å²) in [5, 5.41) is 3.35. The van der Waals surface area contributed by atoms with E-state index in [2.05, 4.69) is 46.7 Å². The Bertz CT molecular complexity index is 584. The van der Waals surface area contributed by atoms with Gasteiger partial charge >= 0.3 is 5.97 Å². The highest BCUT2D eigenvalue weighted by Gasteiger charge is 2.27.